The minimum Gasteiger partial charge on any atom is -0.383 e. The Morgan fingerprint density at radius 1 is 1.31 bits per heavy atom. The molecule has 1 N–H and O–H groups in total. The van der Waals surface area contributed by atoms with Gasteiger partial charge in [-0.3, -0.25) is 5.32 Å². The van der Waals surface area contributed by atoms with Crippen molar-refractivity contribution in [3.63, 3.8) is 0 Å². The molecule has 1 aromatic rings. The van der Waals surface area contributed by atoms with Crippen LogP contribution in [0.15, 0.2) is 18.2 Å². The summed E-state index contributed by atoms with van der Waals surface area (Å²) in [6.45, 7) is 5.38. The number of hydrogen-bond donors (Lipinski definition) is 1. The summed E-state index contributed by atoms with van der Waals surface area (Å²) in [6.07, 6.45) is 0. The molecule has 0 aromatic heterocycles. The first-order valence-electron chi connectivity index (χ1n) is 5.37. The molecule has 0 amide bonds. The molecule has 0 fully saturated rings. The van der Waals surface area contributed by atoms with Gasteiger partial charge in [-0.2, -0.15) is 5.26 Å². The molecule has 0 bridgehead atoms. The van der Waals surface area contributed by atoms with E-state index in [0.717, 1.165) is 5.56 Å². The number of rotatable bonds is 5. The molecule has 3 heteroatoms. The summed E-state index contributed by atoms with van der Waals surface area (Å²) in [5.41, 5.74) is 3.39. The summed E-state index contributed by atoms with van der Waals surface area (Å²) in [4.78, 5) is 0. The van der Waals surface area contributed by atoms with Crippen LogP contribution in [0.5, 0.6) is 0 Å². The van der Waals surface area contributed by atoms with Gasteiger partial charge in [0.1, 0.15) is 6.04 Å². The molecule has 0 saturated heterocycles. The van der Waals surface area contributed by atoms with E-state index in [0.29, 0.717) is 13.2 Å². The van der Waals surface area contributed by atoms with Gasteiger partial charge in [-0.05, 0) is 19.4 Å². The average Bonchev–Trinajstić information content (AvgIpc) is 2.23. The maximum absolute atomic E-state index is 9.11. The lowest BCUT2D eigenvalue weighted by Crippen LogP contribution is -2.24. The summed E-state index contributed by atoms with van der Waals surface area (Å²) in [5, 5.41) is 12.3. The van der Waals surface area contributed by atoms with E-state index in [9.17, 15) is 0 Å². The maximum Gasteiger partial charge on any atom is 0.121 e. The van der Waals surface area contributed by atoms with Crippen molar-refractivity contribution in [2.24, 2.45) is 0 Å². The molecular formula is C13H18N2O. The molecule has 1 unspecified atom stereocenters. The van der Waals surface area contributed by atoms with Crippen molar-refractivity contribution in [3.05, 3.63) is 34.9 Å². The largest absolute Gasteiger partial charge is 0.383 e. The van der Waals surface area contributed by atoms with E-state index in [2.05, 4.69) is 17.5 Å². The fourth-order valence-corrected chi connectivity index (χ4v) is 1.72. The van der Waals surface area contributed by atoms with E-state index in [4.69, 9.17) is 10.00 Å². The Labute approximate surface area is 97.0 Å². The van der Waals surface area contributed by atoms with Gasteiger partial charge in [-0.25, -0.2) is 0 Å². The molecule has 1 aromatic carbocycles. The Morgan fingerprint density at radius 2 is 1.94 bits per heavy atom. The van der Waals surface area contributed by atoms with Crippen LogP contribution < -0.4 is 5.32 Å². The van der Waals surface area contributed by atoms with Crippen molar-refractivity contribution in [2.75, 3.05) is 20.3 Å². The van der Waals surface area contributed by atoms with E-state index in [-0.39, 0.29) is 6.04 Å². The lowest BCUT2D eigenvalue weighted by Gasteiger charge is -2.13. The highest BCUT2D eigenvalue weighted by atomic mass is 16.5. The van der Waals surface area contributed by atoms with Gasteiger partial charge >= 0.3 is 0 Å². The van der Waals surface area contributed by atoms with E-state index in [1.165, 1.54) is 11.1 Å². The van der Waals surface area contributed by atoms with Crippen LogP contribution in [0.4, 0.5) is 0 Å². The van der Waals surface area contributed by atoms with Gasteiger partial charge in [0, 0.05) is 13.7 Å². The summed E-state index contributed by atoms with van der Waals surface area (Å²) in [7, 11) is 1.65. The highest BCUT2D eigenvalue weighted by Crippen LogP contribution is 2.16. The van der Waals surface area contributed by atoms with E-state index in [1.54, 1.807) is 7.11 Å². The zero-order valence-electron chi connectivity index (χ0n) is 10.1. The first-order chi connectivity index (χ1) is 7.67. The van der Waals surface area contributed by atoms with Crippen LogP contribution in [-0.2, 0) is 4.74 Å². The standard InChI is InChI=1S/C13H18N2O/c1-10-6-11(2)8-12(7-10)13(9-14)15-4-5-16-3/h6-8,13,15H,4-5H2,1-3H3. The fourth-order valence-electron chi connectivity index (χ4n) is 1.72. The second-order valence-corrected chi connectivity index (χ2v) is 3.93. The smallest absolute Gasteiger partial charge is 0.121 e. The van der Waals surface area contributed by atoms with Gasteiger partial charge in [0.25, 0.3) is 0 Å². The molecule has 0 spiro atoms. The third kappa shape index (κ3) is 3.65. The minimum absolute atomic E-state index is 0.256. The summed E-state index contributed by atoms with van der Waals surface area (Å²) in [6, 6.07) is 8.20. The van der Waals surface area contributed by atoms with Gasteiger partial charge in [-0.15, -0.1) is 0 Å². The van der Waals surface area contributed by atoms with Gasteiger partial charge in [0.15, 0.2) is 0 Å². The molecule has 0 aliphatic carbocycles. The Bertz CT molecular complexity index is 362. The highest BCUT2D eigenvalue weighted by Gasteiger charge is 2.09. The van der Waals surface area contributed by atoms with Crippen molar-refractivity contribution in [2.45, 2.75) is 19.9 Å². The molecule has 86 valence electrons. The van der Waals surface area contributed by atoms with Gasteiger partial charge in [0.05, 0.1) is 12.7 Å². The molecule has 0 aliphatic heterocycles. The van der Waals surface area contributed by atoms with Gasteiger partial charge in [0.2, 0.25) is 0 Å². The Kier molecular flexibility index (Phi) is 4.97. The third-order valence-electron chi connectivity index (χ3n) is 2.36. The average molecular weight is 218 g/mol. The molecule has 1 atom stereocenters. The van der Waals surface area contributed by atoms with E-state index >= 15 is 0 Å². The molecule has 0 heterocycles. The minimum atomic E-state index is -0.256. The number of nitriles is 1. The van der Waals surface area contributed by atoms with Crippen LogP contribution in [0.25, 0.3) is 0 Å². The number of hydrogen-bond acceptors (Lipinski definition) is 3. The quantitative estimate of drug-likeness (QED) is 0.770. The Balaban J connectivity index is 2.75. The lowest BCUT2D eigenvalue weighted by molar-refractivity contribution is 0.198. The molecule has 1 rings (SSSR count). The number of methoxy groups -OCH3 is 1. The number of ether oxygens (including phenoxy) is 1. The molecule has 0 radical (unpaired) electrons. The van der Waals surface area contributed by atoms with Crippen LogP contribution in [0.3, 0.4) is 0 Å². The number of aryl methyl sites for hydroxylation is 2. The molecular weight excluding hydrogens is 200 g/mol. The van der Waals surface area contributed by atoms with Crippen molar-refractivity contribution >= 4 is 0 Å². The van der Waals surface area contributed by atoms with Crippen LogP contribution in [0.1, 0.15) is 22.7 Å². The molecule has 0 aliphatic rings. The third-order valence-corrected chi connectivity index (χ3v) is 2.36. The number of benzene rings is 1. The Morgan fingerprint density at radius 3 is 2.44 bits per heavy atom. The summed E-state index contributed by atoms with van der Waals surface area (Å²) in [5.74, 6) is 0. The fraction of sp³-hybridized carbons (Fsp3) is 0.462. The normalized spacial score (nSPS) is 12.1. The van der Waals surface area contributed by atoms with Crippen molar-refractivity contribution in [1.29, 1.82) is 5.26 Å². The lowest BCUT2D eigenvalue weighted by atomic mass is 10.0. The van der Waals surface area contributed by atoms with Crippen molar-refractivity contribution in [3.8, 4) is 6.07 Å². The summed E-state index contributed by atoms with van der Waals surface area (Å²) >= 11 is 0. The first kappa shape index (κ1) is 12.7. The number of nitrogens with zero attached hydrogens (tertiary/aromatic N) is 1. The zero-order chi connectivity index (χ0) is 12.0. The predicted molar refractivity (Wildman–Crippen MR) is 64.1 cm³/mol. The van der Waals surface area contributed by atoms with Crippen LogP contribution in [0.2, 0.25) is 0 Å². The first-order valence-corrected chi connectivity index (χ1v) is 5.37. The van der Waals surface area contributed by atoms with Crippen LogP contribution >= 0.6 is 0 Å². The molecule has 3 nitrogen and oxygen atoms in total. The van der Waals surface area contributed by atoms with Crippen molar-refractivity contribution in [1.82, 2.24) is 5.32 Å². The van der Waals surface area contributed by atoms with Crippen molar-refractivity contribution < 1.29 is 4.74 Å². The zero-order valence-corrected chi connectivity index (χ0v) is 10.1. The maximum atomic E-state index is 9.11. The summed E-state index contributed by atoms with van der Waals surface area (Å²) < 4.78 is 4.95. The van der Waals surface area contributed by atoms with Gasteiger partial charge < -0.3 is 4.74 Å². The SMILES string of the molecule is COCCNC(C#N)c1cc(C)cc(C)c1. The topological polar surface area (TPSA) is 45.0 Å². The van der Waals surface area contributed by atoms with E-state index < -0.39 is 0 Å². The Hall–Kier alpha value is -1.37. The van der Waals surface area contributed by atoms with E-state index in [1.807, 2.05) is 26.0 Å². The predicted octanol–water partition coefficient (Wildman–Crippen LogP) is 2.10. The number of nitrogens with one attached hydrogen (secondary N) is 1. The molecule has 0 saturated carbocycles. The van der Waals surface area contributed by atoms with Crippen LogP contribution in [-0.4, -0.2) is 20.3 Å². The highest BCUT2D eigenvalue weighted by molar-refractivity contribution is 5.33. The monoisotopic (exact) mass is 218 g/mol. The van der Waals surface area contributed by atoms with Gasteiger partial charge in [-0.1, -0.05) is 29.3 Å². The van der Waals surface area contributed by atoms with Crippen LogP contribution in [0, 0.1) is 25.2 Å². The second kappa shape index (κ2) is 6.26. The molecule has 16 heavy (non-hydrogen) atoms. The second-order valence-electron chi connectivity index (χ2n) is 3.93.